The minimum absolute atomic E-state index is 0.174. The Bertz CT molecular complexity index is 1810. The summed E-state index contributed by atoms with van der Waals surface area (Å²) in [7, 11) is 1.90. The maximum atomic E-state index is 15.1. The summed E-state index contributed by atoms with van der Waals surface area (Å²) in [6.45, 7) is 3.70. The lowest BCUT2D eigenvalue weighted by molar-refractivity contribution is -0.136. The van der Waals surface area contributed by atoms with Crippen molar-refractivity contribution >= 4 is 28.9 Å². The number of ether oxygens (including phenoxy) is 1. The Morgan fingerprint density at radius 3 is 2.23 bits per heavy atom. The Morgan fingerprint density at radius 2 is 1.57 bits per heavy atom. The molecule has 2 aliphatic rings. The largest absolute Gasteiger partial charge is 0.492 e. The summed E-state index contributed by atoms with van der Waals surface area (Å²) >= 11 is 0. The minimum Gasteiger partial charge on any atom is -0.492 e. The van der Waals surface area contributed by atoms with Crippen LogP contribution >= 0.6 is 0 Å². The number of allylic oxidation sites excluding steroid dienone is 1. The van der Waals surface area contributed by atoms with Gasteiger partial charge in [-0.3, -0.25) is 24.6 Å². The predicted molar refractivity (Wildman–Crippen MR) is 180 cm³/mol. The van der Waals surface area contributed by atoms with Gasteiger partial charge in [0.25, 0.3) is 5.91 Å². The molecule has 4 aromatic rings. The van der Waals surface area contributed by atoms with Crippen molar-refractivity contribution in [3.05, 3.63) is 136 Å². The van der Waals surface area contributed by atoms with Crippen molar-refractivity contribution in [1.82, 2.24) is 15.1 Å². The first-order valence-electron chi connectivity index (χ1n) is 16.0. The molecule has 2 heterocycles. The molecule has 1 atom stereocenters. The van der Waals surface area contributed by atoms with E-state index in [0.717, 1.165) is 23.3 Å². The second-order valence-corrected chi connectivity index (χ2v) is 12.1. The van der Waals surface area contributed by atoms with Crippen molar-refractivity contribution in [2.75, 3.05) is 20.2 Å². The van der Waals surface area contributed by atoms with Gasteiger partial charge in [-0.15, -0.1) is 0 Å². The van der Waals surface area contributed by atoms with Crippen LogP contribution in [-0.2, 0) is 22.7 Å². The van der Waals surface area contributed by atoms with Gasteiger partial charge in [0.1, 0.15) is 24.2 Å². The van der Waals surface area contributed by atoms with Crippen LogP contribution in [0.5, 0.6) is 5.75 Å². The van der Waals surface area contributed by atoms with Crippen LogP contribution < -0.4 is 10.1 Å². The molecule has 7 nitrogen and oxygen atoms in total. The molecule has 1 N–H and O–H groups in total. The zero-order valence-electron chi connectivity index (χ0n) is 26.7. The first-order valence-corrected chi connectivity index (χ1v) is 16.0. The van der Waals surface area contributed by atoms with Gasteiger partial charge in [-0.05, 0) is 77.6 Å². The number of nitrogens with one attached hydrogen (secondary N) is 1. The van der Waals surface area contributed by atoms with Crippen molar-refractivity contribution < 1.29 is 23.5 Å². The number of amides is 3. The van der Waals surface area contributed by atoms with Crippen LogP contribution in [0.2, 0.25) is 0 Å². The van der Waals surface area contributed by atoms with Gasteiger partial charge < -0.3 is 9.64 Å². The van der Waals surface area contributed by atoms with Crippen molar-refractivity contribution in [2.24, 2.45) is 0 Å². The molecule has 0 bridgehead atoms. The Hall–Kier alpha value is -5.08. The average Bonchev–Trinajstić information content (AvgIpc) is 3.39. The van der Waals surface area contributed by atoms with E-state index in [1.807, 2.05) is 36.2 Å². The highest BCUT2D eigenvalue weighted by Crippen LogP contribution is 2.35. The lowest BCUT2D eigenvalue weighted by atomic mass is 9.88. The van der Waals surface area contributed by atoms with E-state index < -0.39 is 17.8 Å². The van der Waals surface area contributed by atoms with E-state index >= 15 is 4.39 Å². The minimum atomic E-state index is -0.730. The molecule has 4 aromatic carbocycles. The second kappa shape index (κ2) is 14.1. The number of halogens is 1. The Balaban J connectivity index is 1.09. The first-order chi connectivity index (χ1) is 22.8. The fourth-order valence-corrected chi connectivity index (χ4v) is 6.45. The fraction of sp³-hybridized carbons (Fsp3) is 0.256. The average molecular weight is 632 g/mol. The summed E-state index contributed by atoms with van der Waals surface area (Å²) in [6, 6.07) is 31.3. The number of benzene rings is 4. The molecule has 3 amide bonds. The van der Waals surface area contributed by atoms with Crippen LogP contribution in [-0.4, -0.2) is 53.8 Å². The van der Waals surface area contributed by atoms with E-state index in [9.17, 15) is 14.4 Å². The van der Waals surface area contributed by atoms with E-state index in [4.69, 9.17) is 4.74 Å². The lowest BCUT2D eigenvalue weighted by Crippen LogP contribution is -2.52. The molecule has 0 saturated carbocycles. The van der Waals surface area contributed by atoms with Crippen LogP contribution in [0.4, 0.5) is 4.39 Å². The smallest absolute Gasteiger partial charge is 0.255 e. The molecule has 2 aliphatic heterocycles. The second-order valence-electron chi connectivity index (χ2n) is 12.1. The summed E-state index contributed by atoms with van der Waals surface area (Å²) in [5.41, 5.74) is 7.38. The number of imide groups is 1. The third-order valence-electron chi connectivity index (χ3n) is 8.86. The van der Waals surface area contributed by atoms with Gasteiger partial charge in [-0.25, -0.2) is 4.39 Å². The Morgan fingerprint density at radius 1 is 0.915 bits per heavy atom. The number of fused-ring (bicyclic) bond motifs is 1. The monoisotopic (exact) mass is 631 g/mol. The Kier molecular flexibility index (Phi) is 9.59. The van der Waals surface area contributed by atoms with E-state index in [1.54, 1.807) is 6.07 Å². The molecular formula is C39H38FN3O4. The maximum absolute atomic E-state index is 15.1. The summed E-state index contributed by atoms with van der Waals surface area (Å²) in [5.74, 6) is -0.919. The van der Waals surface area contributed by atoms with Crippen molar-refractivity contribution in [2.45, 2.75) is 45.3 Å². The van der Waals surface area contributed by atoms with Gasteiger partial charge in [0.15, 0.2) is 0 Å². The molecule has 0 spiro atoms. The topological polar surface area (TPSA) is 79.0 Å². The number of likely N-dealkylation sites (N-methyl/N-ethyl adjacent to an activating group) is 1. The van der Waals surface area contributed by atoms with Gasteiger partial charge >= 0.3 is 0 Å². The predicted octanol–water partition coefficient (Wildman–Crippen LogP) is 6.47. The first kappa shape index (κ1) is 31.9. The van der Waals surface area contributed by atoms with E-state index in [-0.39, 0.29) is 36.8 Å². The zero-order chi connectivity index (χ0) is 32.9. The van der Waals surface area contributed by atoms with Crippen molar-refractivity contribution in [1.29, 1.82) is 0 Å². The van der Waals surface area contributed by atoms with Crippen LogP contribution in [0.25, 0.3) is 11.1 Å². The zero-order valence-corrected chi connectivity index (χ0v) is 26.7. The molecule has 0 aromatic heterocycles. The molecule has 1 unspecified atom stereocenters. The molecule has 8 heteroatoms. The standard InChI is InChI=1S/C39H38FN3O4/c1-3-32(26-10-6-4-7-11-26)37(27-12-8-5-9-13-27)28-14-16-31(17-15-28)47-21-20-42(2)24-30-22-29-25-43(39(46)33(29)23-34(30)40)35-18-19-36(44)41-38(35)45/h4-17,22-23,35H,3,18-21,24-25H2,1-2H3,(H,41,44,45)/b37-32-. The van der Waals surface area contributed by atoms with Gasteiger partial charge in [0.2, 0.25) is 11.8 Å². The molecule has 0 aliphatic carbocycles. The van der Waals surface area contributed by atoms with Crippen LogP contribution in [0.15, 0.2) is 97.1 Å². The van der Waals surface area contributed by atoms with E-state index in [0.29, 0.717) is 30.8 Å². The Labute approximate surface area is 274 Å². The maximum Gasteiger partial charge on any atom is 0.255 e. The third-order valence-corrected chi connectivity index (χ3v) is 8.86. The van der Waals surface area contributed by atoms with Gasteiger partial charge in [-0.1, -0.05) is 79.7 Å². The molecule has 240 valence electrons. The quantitative estimate of drug-likeness (QED) is 0.152. The number of carbonyl (C=O) groups is 3. The normalized spacial score (nSPS) is 16.6. The van der Waals surface area contributed by atoms with Crippen LogP contribution in [0.1, 0.15) is 64.4 Å². The number of hydrogen-bond acceptors (Lipinski definition) is 5. The molecule has 1 saturated heterocycles. The van der Waals surface area contributed by atoms with Crippen molar-refractivity contribution in [3.8, 4) is 5.75 Å². The molecule has 0 radical (unpaired) electrons. The highest BCUT2D eigenvalue weighted by atomic mass is 19.1. The van der Waals surface area contributed by atoms with E-state index in [1.165, 1.54) is 27.7 Å². The summed E-state index contributed by atoms with van der Waals surface area (Å²) in [6.07, 6.45) is 1.33. The number of nitrogens with zero attached hydrogens (tertiary/aromatic N) is 2. The number of piperidine rings is 1. The van der Waals surface area contributed by atoms with Gasteiger partial charge in [0, 0.05) is 37.2 Å². The number of rotatable bonds is 11. The van der Waals surface area contributed by atoms with Crippen LogP contribution in [0, 0.1) is 5.82 Å². The highest BCUT2D eigenvalue weighted by Gasteiger charge is 2.39. The molecule has 47 heavy (non-hydrogen) atoms. The molecular weight excluding hydrogens is 593 g/mol. The number of carbonyl (C=O) groups excluding carboxylic acids is 3. The van der Waals surface area contributed by atoms with Gasteiger partial charge in [0.05, 0.1) is 0 Å². The van der Waals surface area contributed by atoms with Gasteiger partial charge in [-0.2, -0.15) is 0 Å². The van der Waals surface area contributed by atoms with Crippen molar-refractivity contribution in [3.63, 3.8) is 0 Å². The highest BCUT2D eigenvalue weighted by molar-refractivity contribution is 6.05. The lowest BCUT2D eigenvalue weighted by Gasteiger charge is -2.29. The third kappa shape index (κ3) is 7.03. The van der Waals surface area contributed by atoms with Crippen LogP contribution in [0.3, 0.4) is 0 Å². The molecule has 1 fully saturated rings. The number of hydrogen-bond donors (Lipinski definition) is 1. The fourth-order valence-electron chi connectivity index (χ4n) is 6.45. The molecule has 6 rings (SSSR count). The van der Waals surface area contributed by atoms with E-state index in [2.05, 4.69) is 72.9 Å². The SMILES string of the molecule is CC/C(=C(\c1ccccc1)c1ccc(OCCN(C)Cc2cc3c(cc2F)C(=O)N(C2CCC(=O)NC2=O)C3)cc1)c1ccccc1. The summed E-state index contributed by atoms with van der Waals surface area (Å²) in [4.78, 5) is 40.3. The summed E-state index contributed by atoms with van der Waals surface area (Å²) < 4.78 is 21.2. The summed E-state index contributed by atoms with van der Waals surface area (Å²) in [5, 5.41) is 2.29.